The predicted molar refractivity (Wildman–Crippen MR) is 60.3 cm³/mol. The van der Waals surface area contributed by atoms with E-state index in [1.54, 1.807) is 11.3 Å². The Labute approximate surface area is 93.1 Å². The van der Waals surface area contributed by atoms with E-state index >= 15 is 0 Å². The molecular weight excluding hydrogens is 218 g/mol. The van der Waals surface area contributed by atoms with Crippen molar-refractivity contribution in [3.63, 3.8) is 0 Å². The first kappa shape index (κ1) is 10.2. The van der Waals surface area contributed by atoms with Crippen LogP contribution in [0.1, 0.15) is 18.4 Å². The zero-order valence-electron chi connectivity index (χ0n) is 8.40. The molecule has 5 heteroatoms. The van der Waals surface area contributed by atoms with Gasteiger partial charge in [0.25, 0.3) is 0 Å². The number of aromatic nitrogens is 2. The minimum Gasteiger partial charge on any atom is -0.344 e. The molecule has 78 valence electrons. The number of hydrogen-bond donors (Lipinski definition) is 0. The molecule has 1 fully saturated rings. The molecule has 0 aromatic carbocycles. The van der Waals surface area contributed by atoms with Crippen molar-refractivity contribution in [3.8, 4) is 0 Å². The van der Waals surface area contributed by atoms with Crippen LogP contribution in [-0.4, -0.2) is 28.7 Å². The van der Waals surface area contributed by atoms with Gasteiger partial charge in [-0.2, -0.15) is 0 Å². The van der Waals surface area contributed by atoms with Crippen molar-refractivity contribution in [2.45, 2.75) is 26.3 Å². The first-order chi connectivity index (χ1) is 6.72. The molecule has 1 aromatic heterocycles. The Hall–Kier alpha value is -0.350. The monoisotopic (exact) mass is 231 g/mol. The zero-order chi connectivity index (χ0) is 10.1. The molecule has 1 aliphatic heterocycles. The smallest absolute Gasteiger partial charge is 0.208 e. The number of halogens is 1. The van der Waals surface area contributed by atoms with E-state index in [0.717, 1.165) is 22.6 Å². The minimum atomic E-state index is 0.500. The number of rotatable bonds is 2. The molecule has 0 N–H and O–H groups in total. The van der Waals surface area contributed by atoms with E-state index in [1.165, 1.54) is 6.42 Å². The highest BCUT2D eigenvalue weighted by molar-refractivity contribution is 7.15. The van der Waals surface area contributed by atoms with E-state index in [1.807, 2.05) is 6.92 Å². The van der Waals surface area contributed by atoms with Crippen molar-refractivity contribution in [2.24, 2.45) is 5.92 Å². The highest BCUT2D eigenvalue weighted by Gasteiger charge is 2.31. The standard InChI is InChI=1S/C9H14ClN3S/c1-6-8(5-10)3-4-13(6)9-12-11-7(2)14-9/h6,8H,3-5H2,1-2H3. The van der Waals surface area contributed by atoms with Crippen LogP contribution in [0.15, 0.2) is 0 Å². The minimum absolute atomic E-state index is 0.500. The van der Waals surface area contributed by atoms with Crippen LogP contribution < -0.4 is 4.90 Å². The Morgan fingerprint density at radius 2 is 2.36 bits per heavy atom. The van der Waals surface area contributed by atoms with Crippen molar-refractivity contribution in [1.82, 2.24) is 10.2 Å². The van der Waals surface area contributed by atoms with Crippen LogP contribution >= 0.6 is 22.9 Å². The number of aryl methyl sites for hydroxylation is 1. The van der Waals surface area contributed by atoms with Crippen LogP contribution in [0, 0.1) is 12.8 Å². The van der Waals surface area contributed by atoms with Gasteiger partial charge in [-0.15, -0.1) is 21.8 Å². The molecule has 2 rings (SSSR count). The lowest BCUT2D eigenvalue weighted by Gasteiger charge is -2.22. The topological polar surface area (TPSA) is 29.0 Å². The highest BCUT2D eigenvalue weighted by atomic mass is 35.5. The van der Waals surface area contributed by atoms with Crippen LogP contribution in [-0.2, 0) is 0 Å². The summed E-state index contributed by atoms with van der Waals surface area (Å²) < 4.78 is 0. The van der Waals surface area contributed by atoms with E-state index in [9.17, 15) is 0 Å². The molecule has 1 saturated heterocycles. The van der Waals surface area contributed by atoms with Crippen molar-refractivity contribution in [3.05, 3.63) is 5.01 Å². The fourth-order valence-corrected chi connectivity index (χ4v) is 3.10. The van der Waals surface area contributed by atoms with Gasteiger partial charge in [-0.25, -0.2) is 0 Å². The van der Waals surface area contributed by atoms with E-state index < -0.39 is 0 Å². The Bertz CT molecular complexity index is 315. The lowest BCUT2D eigenvalue weighted by molar-refractivity contribution is 0.551. The molecule has 0 amide bonds. The first-order valence-corrected chi connectivity index (χ1v) is 6.20. The predicted octanol–water partition coefficient (Wildman–Crippen LogP) is 2.30. The third-order valence-corrected chi connectivity index (χ3v) is 4.15. The van der Waals surface area contributed by atoms with Gasteiger partial charge in [-0.05, 0) is 26.2 Å². The third kappa shape index (κ3) is 1.73. The van der Waals surface area contributed by atoms with Crippen molar-refractivity contribution >= 4 is 28.1 Å². The van der Waals surface area contributed by atoms with Gasteiger partial charge in [0.15, 0.2) is 0 Å². The van der Waals surface area contributed by atoms with Crippen molar-refractivity contribution in [1.29, 1.82) is 0 Å². The Balaban J connectivity index is 2.13. The Morgan fingerprint density at radius 3 is 2.86 bits per heavy atom. The number of anilines is 1. The van der Waals surface area contributed by atoms with E-state index in [4.69, 9.17) is 11.6 Å². The third-order valence-electron chi connectivity index (χ3n) is 2.87. The lowest BCUT2D eigenvalue weighted by atomic mass is 10.1. The lowest BCUT2D eigenvalue weighted by Crippen LogP contribution is -2.30. The summed E-state index contributed by atoms with van der Waals surface area (Å²) in [6.07, 6.45) is 1.17. The quantitative estimate of drug-likeness (QED) is 0.732. The summed E-state index contributed by atoms with van der Waals surface area (Å²) >= 11 is 7.56. The largest absolute Gasteiger partial charge is 0.344 e. The van der Waals surface area contributed by atoms with Gasteiger partial charge in [-0.3, -0.25) is 0 Å². The molecule has 14 heavy (non-hydrogen) atoms. The molecule has 1 aliphatic rings. The molecule has 1 aromatic rings. The second-order valence-corrected chi connectivity index (χ2v) is 5.21. The molecule has 0 aliphatic carbocycles. The average Bonchev–Trinajstić information content (AvgIpc) is 2.72. The Morgan fingerprint density at radius 1 is 1.57 bits per heavy atom. The van der Waals surface area contributed by atoms with E-state index in [-0.39, 0.29) is 0 Å². The van der Waals surface area contributed by atoms with Gasteiger partial charge in [-0.1, -0.05) is 11.3 Å². The van der Waals surface area contributed by atoms with Crippen molar-refractivity contribution in [2.75, 3.05) is 17.3 Å². The SMILES string of the molecule is Cc1nnc(N2CCC(CCl)C2C)s1. The first-order valence-electron chi connectivity index (χ1n) is 4.85. The molecule has 2 heterocycles. The van der Waals surface area contributed by atoms with Crippen LogP contribution in [0.3, 0.4) is 0 Å². The molecule has 0 bridgehead atoms. The summed E-state index contributed by atoms with van der Waals surface area (Å²) in [5, 5.41) is 10.3. The number of alkyl halides is 1. The van der Waals surface area contributed by atoms with Gasteiger partial charge in [0, 0.05) is 18.5 Å². The van der Waals surface area contributed by atoms with Gasteiger partial charge < -0.3 is 4.90 Å². The average molecular weight is 232 g/mol. The summed E-state index contributed by atoms with van der Waals surface area (Å²) in [4.78, 5) is 2.32. The summed E-state index contributed by atoms with van der Waals surface area (Å²) in [7, 11) is 0. The summed E-state index contributed by atoms with van der Waals surface area (Å²) in [5.74, 6) is 1.34. The van der Waals surface area contributed by atoms with Crippen LogP contribution in [0.5, 0.6) is 0 Å². The highest BCUT2D eigenvalue weighted by Crippen LogP contribution is 2.31. The maximum Gasteiger partial charge on any atom is 0.208 e. The van der Waals surface area contributed by atoms with Gasteiger partial charge in [0.05, 0.1) is 0 Å². The fraction of sp³-hybridized carbons (Fsp3) is 0.778. The second-order valence-electron chi connectivity index (χ2n) is 3.74. The molecule has 2 atom stereocenters. The molecule has 2 unspecified atom stereocenters. The Kier molecular flexibility index (Phi) is 2.93. The molecule has 0 saturated carbocycles. The fourth-order valence-electron chi connectivity index (χ4n) is 1.88. The van der Waals surface area contributed by atoms with Gasteiger partial charge >= 0.3 is 0 Å². The van der Waals surface area contributed by atoms with Gasteiger partial charge in [0.1, 0.15) is 5.01 Å². The van der Waals surface area contributed by atoms with Gasteiger partial charge in [0.2, 0.25) is 5.13 Å². The van der Waals surface area contributed by atoms with Crippen LogP contribution in [0.4, 0.5) is 5.13 Å². The number of hydrogen-bond acceptors (Lipinski definition) is 4. The zero-order valence-corrected chi connectivity index (χ0v) is 9.98. The maximum absolute atomic E-state index is 5.90. The number of nitrogens with zero attached hydrogens (tertiary/aromatic N) is 3. The molecule has 0 radical (unpaired) electrons. The molecule has 3 nitrogen and oxygen atoms in total. The van der Waals surface area contributed by atoms with Crippen LogP contribution in [0.25, 0.3) is 0 Å². The maximum atomic E-state index is 5.90. The van der Waals surface area contributed by atoms with E-state index in [0.29, 0.717) is 12.0 Å². The molecular formula is C9H14ClN3S. The summed E-state index contributed by atoms with van der Waals surface area (Å²) in [6, 6.07) is 0.500. The summed E-state index contributed by atoms with van der Waals surface area (Å²) in [6.45, 7) is 5.27. The normalized spacial score (nSPS) is 27.2. The van der Waals surface area contributed by atoms with Crippen molar-refractivity contribution < 1.29 is 0 Å². The summed E-state index contributed by atoms with van der Waals surface area (Å²) in [5.41, 5.74) is 0. The second kappa shape index (κ2) is 4.03. The molecule has 0 spiro atoms. The van der Waals surface area contributed by atoms with Crippen LogP contribution in [0.2, 0.25) is 0 Å². The van der Waals surface area contributed by atoms with E-state index in [2.05, 4.69) is 22.0 Å².